The Kier molecular flexibility index (Phi) is 7.08. The lowest BCUT2D eigenvalue weighted by atomic mass is 9.84. The number of aliphatic hydroxyl groups is 1. The van der Waals surface area contributed by atoms with Crippen LogP contribution >= 0.6 is 22.6 Å². The van der Waals surface area contributed by atoms with Crippen LogP contribution in [0.5, 0.6) is 0 Å². The van der Waals surface area contributed by atoms with Crippen molar-refractivity contribution in [1.82, 2.24) is 4.90 Å². The third kappa shape index (κ3) is 4.59. The number of carbonyl (C=O) groups excluding carboxylic acids is 1. The van der Waals surface area contributed by atoms with E-state index >= 15 is 0 Å². The second kappa shape index (κ2) is 7.81. The Hall–Kier alpha value is 0.160. The van der Waals surface area contributed by atoms with Crippen molar-refractivity contribution in [2.24, 2.45) is 5.92 Å². The molecule has 0 bridgehead atoms. The summed E-state index contributed by atoms with van der Waals surface area (Å²) in [6.45, 7) is 8.14. The minimum Gasteiger partial charge on any atom is -0.391 e. The maximum atomic E-state index is 12.6. The molecule has 0 aliphatic heterocycles. The number of hydrogen-bond acceptors (Lipinski definition) is 2. The average molecular weight is 381 g/mol. The van der Waals surface area contributed by atoms with Crippen molar-refractivity contribution in [3.63, 3.8) is 0 Å². The second-order valence-corrected chi connectivity index (χ2v) is 7.57. The Bertz CT molecular complexity index is 280. The fourth-order valence-electron chi connectivity index (χ4n) is 3.11. The molecule has 0 radical (unpaired) electrons. The van der Waals surface area contributed by atoms with E-state index in [-0.39, 0.29) is 21.9 Å². The van der Waals surface area contributed by atoms with Gasteiger partial charge in [-0.25, -0.2) is 0 Å². The van der Waals surface area contributed by atoms with Gasteiger partial charge in [0.25, 0.3) is 0 Å². The quantitative estimate of drug-likeness (QED) is 0.586. The van der Waals surface area contributed by atoms with Gasteiger partial charge in [-0.15, -0.1) is 0 Å². The Labute approximate surface area is 131 Å². The van der Waals surface area contributed by atoms with Crippen LogP contribution in [0.25, 0.3) is 0 Å². The Morgan fingerprint density at radius 2 is 1.58 bits per heavy atom. The van der Waals surface area contributed by atoms with E-state index in [9.17, 15) is 9.90 Å². The molecule has 0 aromatic heterocycles. The number of aliphatic hydroxyl groups excluding tert-OH is 1. The summed E-state index contributed by atoms with van der Waals surface area (Å²) < 4.78 is -0.314. The normalized spacial score (nSPS) is 20.6. The molecular weight excluding hydrogens is 353 g/mol. The summed E-state index contributed by atoms with van der Waals surface area (Å²) in [6.07, 6.45) is 5.30. The fraction of sp³-hybridized carbons (Fsp3) is 0.933. The molecule has 2 atom stereocenters. The molecule has 0 saturated heterocycles. The highest BCUT2D eigenvalue weighted by Crippen LogP contribution is 2.31. The van der Waals surface area contributed by atoms with Gasteiger partial charge in [0.05, 0.1) is 6.10 Å². The number of hydrogen-bond donors (Lipinski definition) is 1. The Morgan fingerprint density at radius 3 is 2.00 bits per heavy atom. The maximum absolute atomic E-state index is 12.6. The van der Waals surface area contributed by atoms with Crippen molar-refractivity contribution in [3.8, 4) is 0 Å². The van der Waals surface area contributed by atoms with E-state index in [4.69, 9.17) is 0 Å². The summed E-state index contributed by atoms with van der Waals surface area (Å²) in [4.78, 5) is 14.5. The van der Waals surface area contributed by atoms with Crippen molar-refractivity contribution < 1.29 is 9.90 Å². The lowest BCUT2D eigenvalue weighted by Gasteiger charge is -2.36. The van der Waals surface area contributed by atoms with E-state index in [0.29, 0.717) is 5.92 Å². The molecule has 1 aliphatic rings. The first-order valence-corrected chi connectivity index (χ1v) is 8.75. The van der Waals surface area contributed by atoms with Gasteiger partial charge in [0.15, 0.2) is 0 Å². The fourth-order valence-corrected chi connectivity index (χ4v) is 4.02. The highest BCUT2D eigenvalue weighted by Gasteiger charge is 2.35. The minimum atomic E-state index is -0.492. The van der Waals surface area contributed by atoms with Gasteiger partial charge in [-0.2, -0.15) is 0 Å². The number of rotatable bonds is 5. The van der Waals surface area contributed by atoms with E-state index < -0.39 is 6.10 Å². The van der Waals surface area contributed by atoms with Gasteiger partial charge in [0.2, 0.25) is 5.91 Å². The van der Waals surface area contributed by atoms with E-state index in [0.717, 1.165) is 12.8 Å². The van der Waals surface area contributed by atoms with Gasteiger partial charge in [0, 0.05) is 12.1 Å². The average Bonchev–Trinajstić information content (AvgIpc) is 2.37. The van der Waals surface area contributed by atoms with Crippen molar-refractivity contribution in [2.45, 2.75) is 81.9 Å². The summed E-state index contributed by atoms with van der Waals surface area (Å²) in [5.74, 6) is 0.393. The zero-order chi connectivity index (χ0) is 14.6. The molecule has 1 aliphatic carbocycles. The SMILES string of the molecule is CC(C)N(C(=O)[C@H](I)[C@@H](O)C1CCCCC1)C(C)C. The predicted octanol–water partition coefficient (Wildman–Crippen LogP) is 3.38. The van der Waals surface area contributed by atoms with Gasteiger partial charge in [0.1, 0.15) is 3.92 Å². The van der Waals surface area contributed by atoms with Gasteiger partial charge < -0.3 is 10.0 Å². The molecule has 0 unspecified atom stereocenters. The molecular formula is C15H28INO2. The van der Waals surface area contributed by atoms with E-state index in [1.54, 1.807) is 0 Å². The number of alkyl halides is 1. The van der Waals surface area contributed by atoms with Crippen molar-refractivity contribution in [3.05, 3.63) is 0 Å². The molecule has 1 saturated carbocycles. The standard InChI is InChI=1S/C15H28INO2/c1-10(2)17(11(3)4)15(19)13(16)14(18)12-8-6-5-7-9-12/h10-14,18H,5-9H2,1-4H3/t13-,14+/m1/s1. The minimum absolute atomic E-state index is 0.0867. The van der Waals surface area contributed by atoms with E-state index in [1.807, 2.05) is 32.6 Å². The molecule has 112 valence electrons. The number of amides is 1. The van der Waals surface area contributed by atoms with Crippen molar-refractivity contribution in [1.29, 1.82) is 0 Å². The third-order valence-electron chi connectivity index (χ3n) is 4.04. The molecule has 4 heteroatoms. The van der Waals surface area contributed by atoms with Crippen LogP contribution in [0.3, 0.4) is 0 Å². The second-order valence-electron chi connectivity index (χ2n) is 6.22. The van der Waals surface area contributed by atoms with Gasteiger partial charge in [-0.3, -0.25) is 4.79 Å². The molecule has 1 N–H and O–H groups in total. The molecule has 0 aromatic rings. The highest BCUT2D eigenvalue weighted by atomic mass is 127. The van der Waals surface area contributed by atoms with Crippen LogP contribution in [0, 0.1) is 5.92 Å². The first-order chi connectivity index (χ1) is 8.86. The van der Waals surface area contributed by atoms with E-state index in [1.165, 1.54) is 19.3 Å². The molecule has 1 fully saturated rings. The number of carbonyl (C=O) groups is 1. The Balaban J connectivity index is 2.68. The topological polar surface area (TPSA) is 40.5 Å². The van der Waals surface area contributed by atoms with Crippen molar-refractivity contribution >= 4 is 28.5 Å². The van der Waals surface area contributed by atoms with Gasteiger partial charge in [-0.05, 0) is 46.5 Å². The maximum Gasteiger partial charge on any atom is 0.238 e. The molecule has 3 nitrogen and oxygen atoms in total. The van der Waals surface area contributed by atoms with E-state index in [2.05, 4.69) is 22.6 Å². The van der Waals surface area contributed by atoms with Gasteiger partial charge in [-0.1, -0.05) is 41.9 Å². The summed E-state index contributed by atoms with van der Waals surface area (Å²) in [5.41, 5.74) is 0. The molecule has 0 aromatic carbocycles. The van der Waals surface area contributed by atoms with Gasteiger partial charge >= 0.3 is 0 Å². The largest absolute Gasteiger partial charge is 0.391 e. The lowest BCUT2D eigenvalue weighted by molar-refractivity contribution is -0.136. The molecule has 0 heterocycles. The first-order valence-electron chi connectivity index (χ1n) is 7.50. The number of halogens is 1. The number of nitrogens with zero attached hydrogens (tertiary/aromatic N) is 1. The highest BCUT2D eigenvalue weighted by molar-refractivity contribution is 14.1. The summed E-state index contributed by atoms with van der Waals surface area (Å²) in [6, 6.07) is 0.367. The molecule has 1 amide bonds. The first kappa shape index (κ1) is 17.2. The zero-order valence-corrected chi connectivity index (χ0v) is 14.8. The van der Waals surface area contributed by atoms with Crippen LogP contribution in [-0.4, -0.2) is 38.0 Å². The zero-order valence-electron chi connectivity index (χ0n) is 12.6. The monoisotopic (exact) mass is 381 g/mol. The third-order valence-corrected chi connectivity index (χ3v) is 5.31. The van der Waals surface area contributed by atoms with Crippen LogP contribution in [-0.2, 0) is 4.79 Å². The van der Waals surface area contributed by atoms with Crippen molar-refractivity contribution in [2.75, 3.05) is 0 Å². The lowest BCUT2D eigenvalue weighted by Crippen LogP contribution is -2.50. The molecule has 0 spiro atoms. The smallest absolute Gasteiger partial charge is 0.238 e. The molecule has 1 rings (SSSR count). The van der Waals surface area contributed by atoms with Crippen LogP contribution < -0.4 is 0 Å². The van der Waals surface area contributed by atoms with Crippen LogP contribution in [0.15, 0.2) is 0 Å². The molecule has 19 heavy (non-hydrogen) atoms. The van der Waals surface area contributed by atoms with Crippen LogP contribution in [0.4, 0.5) is 0 Å². The predicted molar refractivity (Wildman–Crippen MR) is 87.5 cm³/mol. The Morgan fingerprint density at radius 1 is 1.11 bits per heavy atom. The van der Waals surface area contributed by atoms with Crippen LogP contribution in [0.2, 0.25) is 0 Å². The van der Waals surface area contributed by atoms with Crippen LogP contribution in [0.1, 0.15) is 59.8 Å². The summed E-state index contributed by atoms with van der Waals surface area (Å²) in [7, 11) is 0. The summed E-state index contributed by atoms with van der Waals surface area (Å²) in [5, 5.41) is 10.5. The summed E-state index contributed by atoms with van der Waals surface area (Å²) >= 11 is 2.14.